The van der Waals surface area contributed by atoms with Crippen LogP contribution in [0.25, 0.3) is 0 Å². The largest absolute Gasteiger partial charge is 0.462 e. The molecular formula is C17H17NO4S. The molecule has 0 spiro atoms. The fraction of sp³-hybridized carbons (Fsp3) is 0.235. The number of aryl methyl sites for hydroxylation is 1. The second kappa shape index (κ2) is 7.78. The first-order valence-electron chi connectivity index (χ1n) is 7.27. The van der Waals surface area contributed by atoms with E-state index in [1.807, 2.05) is 19.1 Å². The third-order valence-corrected chi connectivity index (χ3v) is 4.36. The lowest BCUT2D eigenvalue weighted by molar-refractivity contribution is -0.385. The van der Waals surface area contributed by atoms with Crippen molar-refractivity contribution in [3.63, 3.8) is 0 Å². The van der Waals surface area contributed by atoms with Crippen LogP contribution in [0, 0.1) is 10.1 Å². The smallest absolute Gasteiger partial charge is 0.338 e. The minimum atomic E-state index is -0.387. The molecule has 23 heavy (non-hydrogen) atoms. The summed E-state index contributed by atoms with van der Waals surface area (Å²) < 4.78 is 4.95. The van der Waals surface area contributed by atoms with E-state index in [1.54, 1.807) is 31.2 Å². The standard InChI is InChI=1S/C17H17NO4S/c1-3-12-11-14(18(20)21)7-10-16(12)23-15-8-5-13(6-9-15)17(19)22-4-2/h5-11H,3-4H2,1-2H3. The van der Waals surface area contributed by atoms with E-state index in [0.717, 1.165) is 15.4 Å². The molecule has 0 amide bonds. The van der Waals surface area contributed by atoms with Gasteiger partial charge in [-0.15, -0.1) is 0 Å². The Labute approximate surface area is 138 Å². The first kappa shape index (κ1) is 17.0. The summed E-state index contributed by atoms with van der Waals surface area (Å²) in [5.74, 6) is -0.339. The Morgan fingerprint density at radius 3 is 2.43 bits per heavy atom. The van der Waals surface area contributed by atoms with Crippen molar-refractivity contribution in [2.24, 2.45) is 0 Å². The van der Waals surface area contributed by atoms with Crippen LogP contribution in [0.2, 0.25) is 0 Å². The molecule has 0 aliphatic heterocycles. The minimum Gasteiger partial charge on any atom is -0.462 e. The van der Waals surface area contributed by atoms with Crippen molar-refractivity contribution in [2.45, 2.75) is 30.1 Å². The Balaban J connectivity index is 2.19. The number of ether oxygens (including phenoxy) is 1. The van der Waals surface area contributed by atoms with Crippen molar-refractivity contribution >= 4 is 23.4 Å². The number of nitrogens with zero attached hydrogens (tertiary/aromatic N) is 1. The summed E-state index contributed by atoms with van der Waals surface area (Å²) in [6.45, 7) is 4.08. The van der Waals surface area contributed by atoms with Crippen LogP contribution < -0.4 is 0 Å². The number of carbonyl (C=O) groups is 1. The minimum absolute atomic E-state index is 0.101. The molecule has 2 aromatic carbocycles. The van der Waals surface area contributed by atoms with Crippen LogP contribution >= 0.6 is 11.8 Å². The topological polar surface area (TPSA) is 69.4 Å². The van der Waals surface area contributed by atoms with Crippen molar-refractivity contribution in [2.75, 3.05) is 6.61 Å². The SMILES string of the molecule is CCOC(=O)c1ccc(Sc2ccc([N+](=O)[O-])cc2CC)cc1. The van der Waals surface area contributed by atoms with Crippen LogP contribution in [-0.2, 0) is 11.2 Å². The van der Waals surface area contributed by atoms with Crippen molar-refractivity contribution in [3.8, 4) is 0 Å². The molecule has 2 aromatic rings. The molecule has 0 bridgehead atoms. The zero-order valence-electron chi connectivity index (χ0n) is 12.9. The monoisotopic (exact) mass is 331 g/mol. The highest BCUT2D eigenvalue weighted by atomic mass is 32.2. The van der Waals surface area contributed by atoms with Crippen LogP contribution in [0.3, 0.4) is 0 Å². The summed E-state index contributed by atoms with van der Waals surface area (Å²) in [6, 6.07) is 12.0. The molecule has 0 radical (unpaired) electrons. The number of carbonyl (C=O) groups excluding carboxylic acids is 1. The number of rotatable bonds is 6. The van der Waals surface area contributed by atoms with Crippen molar-refractivity contribution in [1.29, 1.82) is 0 Å². The normalized spacial score (nSPS) is 10.3. The van der Waals surface area contributed by atoms with Gasteiger partial charge in [-0.1, -0.05) is 18.7 Å². The third-order valence-electron chi connectivity index (χ3n) is 3.23. The molecule has 0 unspecified atom stereocenters. The van der Waals surface area contributed by atoms with Gasteiger partial charge in [0, 0.05) is 21.9 Å². The van der Waals surface area contributed by atoms with E-state index < -0.39 is 0 Å². The van der Waals surface area contributed by atoms with Gasteiger partial charge < -0.3 is 4.74 Å². The van der Waals surface area contributed by atoms with Gasteiger partial charge in [0.2, 0.25) is 0 Å². The Hall–Kier alpha value is -2.34. The highest BCUT2D eigenvalue weighted by molar-refractivity contribution is 7.99. The van der Waals surface area contributed by atoms with Crippen molar-refractivity contribution in [3.05, 3.63) is 63.7 Å². The molecule has 0 heterocycles. The number of hydrogen-bond acceptors (Lipinski definition) is 5. The maximum Gasteiger partial charge on any atom is 0.338 e. The Morgan fingerprint density at radius 2 is 1.87 bits per heavy atom. The zero-order valence-corrected chi connectivity index (χ0v) is 13.8. The average molecular weight is 331 g/mol. The van der Waals surface area contributed by atoms with Gasteiger partial charge in [0.15, 0.2) is 0 Å². The summed E-state index contributed by atoms with van der Waals surface area (Å²) in [7, 11) is 0. The van der Waals surface area contributed by atoms with Gasteiger partial charge in [0.05, 0.1) is 17.1 Å². The lowest BCUT2D eigenvalue weighted by Crippen LogP contribution is -2.03. The molecular weight excluding hydrogens is 314 g/mol. The van der Waals surface area contributed by atoms with E-state index >= 15 is 0 Å². The Kier molecular flexibility index (Phi) is 5.76. The highest BCUT2D eigenvalue weighted by Gasteiger charge is 2.11. The van der Waals surface area contributed by atoms with Crippen LogP contribution in [0.1, 0.15) is 29.8 Å². The van der Waals surface area contributed by atoms with E-state index in [1.165, 1.54) is 17.8 Å². The first-order chi connectivity index (χ1) is 11.0. The fourth-order valence-electron chi connectivity index (χ4n) is 2.06. The fourth-order valence-corrected chi connectivity index (χ4v) is 3.05. The second-order valence-corrected chi connectivity index (χ2v) is 5.86. The summed E-state index contributed by atoms with van der Waals surface area (Å²) in [5, 5.41) is 10.8. The van der Waals surface area contributed by atoms with Gasteiger partial charge in [-0.2, -0.15) is 0 Å². The molecule has 120 valence electrons. The van der Waals surface area contributed by atoms with Gasteiger partial charge in [0.1, 0.15) is 0 Å². The number of benzene rings is 2. The van der Waals surface area contributed by atoms with Gasteiger partial charge in [-0.3, -0.25) is 10.1 Å². The molecule has 0 aliphatic rings. The third kappa shape index (κ3) is 4.32. The average Bonchev–Trinajstić information content (AvgIpc) is 2.56. The van der Waals surface area contributed by atoms with Crippen molar-refractivity contribution < 1.29 is 14.5 Å². The number of non-ortho nitro benzene ring substituents is 1. The molecule has 5 nitrogen and oxygen atoms in total. The Morgan fingerprint density at radius 1 is 1.17 bits per heavy atom. The summed E-state index contributed by atoms with van der Waals surface area (Å²) >= 11 is 1.52. The predicted octanol–water partition coefficient (Wildman–Crippen LogP) is 4.49. The molecule has 0 aromatic heterocycles. The summed E-state index contributed by atoms with van der Waals surface area (Å²) in [4.78, 5) is 24.0. The second-order valence-electron chi connectivity index (χ2n) is 4.75. The van der Waals surface area contributed by atoms with Crippen LogP contribution in [0.4, 0.5) is 5.69 Å². The van der Waals surface area contributed by atoms with Crippen molar-refractivity contribution in [1.82, 2.24) is 0 Å². The lowest BCUT2D eigenvalue weighted by atomic mass is 10.1. The maximum atomic E-state index is 11.6. The van der Waals surface area contributed by atoms with Gasteiger partial charge >= 0.3 is 5.97 Å². The van der Waals surface area contributed by atoms with Gasteiger partial charge in [-0.05, 0) is 49.2 Å². The summed E-state index contributed by atoms with van der Waals surface area (Å²) in [6.07, 6.45) is 0.713. The lowest BCUT2D eigenvalue weighted by Gasteiger charge is -2.08. The molecule has 0 saturated heterocycles. The van der Waals surface area contributed by atoms with Gasteiger partial charge in [-0.25, -0.2) is 4.79 Å². The maximum absolute atomic E-state index is 11.6. The van der Waals surface area contributed by atoms with E-state index in [-0.39, 0.29) is 16.6 Å². The molecule has 0 saturated carbocycles. The molecule has 2 rings (SSSR count). The number of esters is 1. The molecule has 6 heteroatoms. The molecule has 0 atom stereocenters. The molecule has 0 aliphatic carbocycles. The quantitative estimate of drug-likeness (QED) is 0.443. The number of nitro groups is 1. The summed E-state index contributed by atoms with van der Waals surface area (Å²) in [5.41, 5.74) is 1.54. The first-order valence-corrected chi connectivity index (χ1v) is 8.09. The van der Waals surface area contributed by atoms with Crippen LogP contribution in [0.5, 0.6) is 0 Å². The number of nitro benzene ring substituents is 1. The van der Waals surface area contributed by atoms with Crippen LogP contribution in [-0.4, -0.2) is 17.5 Å². The van der Waals surface area contributed by atoms with E-state index in [2.05, 4.69) is 0 Å². The van der Waals surface area contributed by atoms with E-state index in [9.17, 15) is 14.9 Å². The molecule has 0 fully saturated rings. The van der Waals surface area contributed by atoms with E-state index in [0.29, 0.717) is 18.6 Å². The Bertz CT molecular complexity index is 713. The number of hydrogen-bond donors (Lipinski definition) is 0. The predicted molar refractivity (Wildman–Crippen MR) is 89.0 cm³/mol. The van der Waals surface area contributed by atoms with Gasteiger partial charge in [0.25, 0.3) is 5.69 Å². The highest BCUT2D eigenvalue weighted by Crippen LogP contribution is 2.33. The van der Waals surface area contributed by atoms with Crippen LogP contribution in [0.15, 0.2) is 52.3 Å². The molecule has 0 N–H and O–H groups in total. The van der Waals surface area contributed by atoms with E-state index in [4.69, 9.17) is 4.74 Å². The zero-order chi connectivity index (χ0) is 16.8.